The van der Waals surface area contributed by atoms with Crippen molar-refractivity contribution in [1.82, 2.24) is 0 Å². The molecule has 0 aliphatic rings. The van der Waals surface area contributed by atoms with Gasteiger partial charge in [-0.2, -0.15) is 0 Å². The Morgan fingerprint density at radius 1 is 1.04 bits per heavy atom. The number of hydrogen-bond donors (Lipinski definition) is 1. The van der Waals surface area contributed by atoms with Crippen molar-refractivity contribution in [3.05, 3.63) is 71.3 Å². The number of benzene rings is 2. The van der Waals surface area contributed by atoms with E-state index in [1.165, 1.54) is 5.56 Å². The normalized spacial score (nSPS) is 11.9. The fraction of sp³-hybridized carbons (Fsp3) is 0.263. The van der Waals surface area contributed by atoms with Crippen molar-refractivity contribution in [2.24, 2.45) is 10.9 Å². The lowest BCUT2D eigenvalue weighted by Crippen LogP contribution is -2.16. The molecule has 2 aromatic rings. The fourth-order valence-electron chi connectivity index (χ4n) is 2.02. The van der Waals surface area contributed by atoms with Gasteiger partial charge in [0.25, 0.3) is 0 Å². The first kappa shape index (κ1) is 17.5. The molecular weight excluding hydrogens is 304 g/mol. The van der Waals surface area contributed by atoms with Crippen molar-refractivity contribution >= 4 is 12.0 Å². The average Bonchev–Trinajstić information content (AvgIpc) is 2.58. The first-order valence-electron chi connectivity index (χ1n) is 7.68. The van der Waals surface area contributed by atoms with Crippen LogP contribution in [-0.4, -0.2) is 12.0 Å². The summed E-state index contributed by atoms with van der Waals surface area (Å²) < 4.78 is 4.95. The summed E-state index contributed by atoms with van der Waals surface area (Å²) in [7, 11) is 0. The van der Waals surface area contributed by atoms with E-state index >= 15 is 0 Å². The average molecular weight is 326 g/mol. The molecule has 0 aliphatic carbocycles. The summed E-state index contributed by atoms with van der Waals surface area (Å²) in [5.74, 6) is 0.118. The highest BCUT2D eigenvalue weighted by atomic mass is 16.8. The van der Waals surface area contributed by atoms with Gasteiger partial charge in [0.2, 0.25) is 0 Å². The zero-order chi connectivity index (χ0) is 17.6. The van der Waals surface area contributed by atoms with E-state index in [2.05, 4.69) is 30.8 Å². The Morgan fingerprint density at radius 2 is 1.67 bits per heavy atom. The quantitative estimate of drug-likeness (QED) is 0.303. The third-order valence-electron chi connectivity index (χ3n) is 3.46. The largest absolute Gasteiger partial charge is 0.535 e. The first-order valence-corrected chi connectivity index (χ1v) is 7.68. The van der Waals surface area contributed by atoms with Crippen molar-refractivity contribution in [3.63, 3.8) is 0 Å². The lowest BCUT2D eigenvalue weighted by Gasteiger charge is -2.18. The molecule has 5 heteroatoms. The molecule has 0 amide bonds. The van der Waals surface area contributed by atoms with Gasteiger partial charge in [-0.3, -0.25) is 4.84 Å². The summed E-state index contributed by atoms with van der Waals surface area (Å²) in [5.41, 5.74) is 8.61. The highest BCUT2D eigenvalue weighted by molar-refractivity contribution is 5.97. The third-order valence-corrected chi connectivity index (χ3v) is 3.46. The Hall–Kier alpha value is -2.82. The molecule has 2 aromatic carbocycles. The van der Waals surface area contributed by atoms with E-state index in [0.29, 0.717) is 5.56 Å². The van der Waals surface area contributed by atoms with Gasteiger partial charge in [-0.15, -0.1) is 0 Å². The van der Waals surface area contributed by atoms with E-state index in [4.69, 9.17) is 10.5 Å². The maximum Gasteiger partial charge on any atom is 0.535 e. The third kappa shape index (κ3) is 5.12. The maximum atomic E-state index is 11.5. The summed E-state index contributed by atoms with van der Waals surface area (Å²) in [5, 5.41) is 3.62. The molecule has 0 unspecified atom stereocenters. The van der Waals surface area contributed by atoms with Gasteiger partial charge in [0.05, 0.1) is 0 Å². The molecule has 0 saturated heterocycles. The van der Waals surface area contributed by atoms with Gasteiger partial charge in [-0.05, 0) is 16.5 Å². The predicted octanol–water partition coefficient (Wildman–Crippen LogP) is 3.96. The molecule has 0 atom stereocenters. The highest BCUT2D eigenvalue weighted by Gasteiger charge is 2.13. The van der Waals surface area contributed by atoms with Gasteiger partial charge in [0, 0.05) is 5.56 Å². The van der Waals surface area contributed by atoms with Gasteiger partial charge in [-0.25, -0.2) is 4.79 Å². The Labute approximate surface area is 142 Å². The van der Waals surface area contributed by atoms with E-state index < -0.39 is 6.16 Å². The van der Waals surface area contributed by atoms with Crippen molar-refractivity contribution in [3.8, 4) is 0 Å². The second-order valence-corrected chi connectivity index (χ2v) is 6.42. The molecule has 2 N–H and O–H groups in total. The Kier molecular flexibility index (Phi) is 5.58. The number of carbonyl (C=O) groups excluding carboxylic acids is 1. The smallest absolute Gasteiger partial charge is 0.428 e. The van der Waals surface area contributed by atoms with E-state index in [0.717, 1.165) is 5.56 Å². The van der Waals surface area contributed by atoms with Crippen molar-refractivity contribution in [2.45, 2.75) is 32.8 Å². The molecule has 0 radical (unpaired) electrons. The maximum absolute atomic E-state index is 11.5. The van der Waals surface area contributed by atoms with Crippen LogP contribution in [0.3, 0.4) is 0 Å². The Balaban J connectivity index is 1.90. The summed E-state index contributed by atoms with van der Waals surface area (Å²) in [6.45, 7) is 6.51. The zero-order valence-electron chi connectivity index (χ0n) is 14.2. The number of rotatable bonds is 4. The minimum atomic E-state index is -0.895. The second-order valence-electron chi connectivity index (χ2n) is 6.42. The Bertz CT molecular complexity index is 702. The van der Waals surface area contributed by atoms with Crippen LogP contribution in [0.2, 0.25) is 0 Å². The molecule has 5 nitrogen and oxygen atoms in total. The molecule has 0 aliphatic heterocycles. The van der Waals surface area contributed by atoms with Crippen LogP contribution in [-0.2, 0) is 21.6 Å². The zero-order valence-corrected chi connectivity index (χ0v) is 14.2. The molecule has 24 heavy (non-hydrogen) atoms. The van der Waals surface area contributed by atoms with Gasteiger partial charge in [0.1, 0.15) is 6.61 Å². The van der Waals surface area contributed by atoms with Gasteiger partial charge in [0.15, 0.2) is 5.84 Å². The fourth-order valence-corrected chi connectivity index (χ4v) is 2.02. The van der Waals surface area contributed by atoms with Crippen LogP contribution in [0.1, 0.15) is 37.5 Å². The number of nitrogens with two attached hydrogens (primary N) is 1. The summed E-state index contributed by atoms with van der Waals surface area (Å²) in [6, 6.07) is 17.0. The monoisotopic (exact) mass is 326 g/mol. The molecule has 0 saturated carbocycles. The van der Waals surface area contributed by atoms with Crippen LogP contribution in [0.25, 0.3) is 0 Å². The number of amidine groups is 1. The van der Waals surface area contributed by atoms with E-state index in [1.807, 2.05) is 54.6 Å². The molecule has 126 valence electrons. The van der Waals surface area contributed by atoms with Crippen LogP contribution in [0.4, 0.5) is 4.79 Å². The summed E-state index contributed by atoms with van der Waals surface area (Å²) >= 11 is 0. The molecule has 0 spiro atoms. The number of ether oxygens (including phenoxy) is 1. The van der Waals surface area contributed by atoms with Crippen LogP contribution >= 0.6 is 0 Å². The summed E-state index contributed by atoms with van der Waals surface area (Å²) in [4.78, 5) is 16.2. The van der Waals surface area contributed by atoms with E-state index in [1.54, 1.807) is 0 Å². The number of hydrogen-bond acceptors (Lipinski definition) is 4. The van der Waals surface area contributed by atoms with Crippen LogP contribution in [0.5, 0.6) is 0 Å². The molecule has 0 bridgehead atoms. The second kappa shape index (κ2) is 7.64. The number of nitrogens with zero attached hydrogens (tertiary/aromatic N) is 1. The molecular formula is C19H22N2O3. The van der Waals surface area contributed by atoms with Gasteiger partial charge in [-0.1, -0.05) is 80.5 Å². The standard InChI is InChI=1S/C19H22N2O3/c1-19(2,3)16-11-9-15(10-12-16)17(20)21-24-18(22)23-13-14-7-5-4-6-8-14/h4-12H,13H2,1-3H3,(H2,20,21). The lowest BCUT2D eigenvalue weighted by atomic mass is 9.87. The van der Waals surface area contributed by atoms with Crippen LogP contribution in [0, 0.1) is 0 Å². The predicted molar refractivity (Wildman–Crippen MR) is 93.6 cm³/mol. The van der Waals surface area contributed by atoms with E-state index in [-0.39, 0.29) is 17.9 Å². The molecule has 0 heterocycles. The summed E-state index contributed by atoms with van der Waals surface area (Å²) in [6.07, 6.45) is -0.895. The molecule has 2 rings (SSSR count). The van der Waals surface area contributed by atoms with Gasteiger partial charge >= 0.3 is 6.16 Å². The van der Waals surface area contributed by atoms with Crippen molar-refractivity contribution < 1.29 is 14.4 Å². The Morgan fingerprint density at radius 3 is 2.25 bits per heavy atom. The number of carbonyl (C=O) groups is 1. The highest BCUT2D eigenvalue weighted by Crippen LogP contribution is 2.22. The number of oxime groups is 1. The molecule has 0 fully saturated rings. The van der Waals surface area contributed by atoms with E-state index in [9.17, 15) is 4.79 Å². The van der Waals surface area contributed by atoms with Gasteiger partial charge < -0.3 is 10.5 Å². The lowest BCUT2D eigenvalue weighted by molar-refractivity contribution is 0.0519. The van der Waals surface area contributed by atoms with Crippen molar-refractivity contribution in [1.29, 1.82) is 0 Å². The first-order chi connectivity index (χ1) is 11.4. The SMILES string of the molecule is CC(C)(C)c1ccc(/C(N)=N/OC(=O)OCc2ccccc2)cc1. The van der Waals surface area contributed by atoms with Crippen LogP contribution in [0.15, 0.2) is 59.8 Å². The minimum Gasteiger partial charge on any atom is -0.428 e. The topological polar surface area (TPSA) is 73.9 Å². The van der Waals surface area contributed by atoms with Crippen molar-refractivity contribution in [2.75, 3.05) is 0 Å². The molecule has 0 aromatic heterocycles. The minimum absolute atomic E-state index is 0.0577. The van der Waals surface area contributed by atoms with Crippen LogP contribution < -0.4 is 5.73 Å².